The van der Waals surface area contributed by atoms with Crippen LogP contribution in [0.5, 0.6) is 17.4 Å². The minimum atomic E-state index is 0. The normalized spacial score (nSPS) is 14.0. The number of phenolic OH excluding ortho intramolecular Hbond substituents is 1. The summed E-state index contributed by atoms with van der Waals surface area (Å²) in [6, 6.07) is 20.2. The van der Waals surface area contributed by atoms with Crippen LogP contribution in [0.2, 0.25) is 0 Å². The monoisotopic (exact) mass is 749 g/mol. The number of fused-ring (bicyclic) bond motifs is 4. The molecule has 0 atom stereocenters. The van der Waals surface area contributed by atoms with Crippen molar-refractivity contribution in [1.82, 2.24) is 14.5 Å². The van der Waals surface area contributed by atoms with Crippen molar-refractivity contribution in [2.45, 2.75) is 72.6 Å². The van der Waals surface area contributed by atoms with Gasteiger partial charge in [-0.25, -0.2) is 9.97 Å². The van der Waals surface area contributed by atoms with Gasteiger partial charge >= 0.3 is 0 Å². The molecule has 0 unspecified atom stereocenters. The van der Waals surface area contributed by atoms with Gasteiger partial charge in [0.25, 0.3) is 0 Å². The van der Waals surface area contributed by atoms with Crippen molar-refractivity contribution in [3.05, 3.63) is 94.2 Å². The van der Waals surface area contributed by atoms with Gasteiger partial charge in [-0.3, -0.25) is 0 Å². The second kappa shape index (κ2) is 11.4. The molecular weight excluding hydrogens is 714 g/mol. The SMILES string of the molecule is Cc1ccc(-n2c3[c-]c(Oc4cc(C)c5cc(C6CCCCC6)cc(O)c5n4)cc(C)c3c3c(C)c(C)ccc32)nc1.[Pt]. The van der Waals surface area contributed by atoms with Gasteiger partial charge < -0.3 is 14.4 Å². The molecule has 1 N–H and O–H groups in total. The molecule has 7 rings (SSSR count). The average molecular weight is 750 g/mol. The fraction of sp³-hybridized carbons (Fsp3) is 0.297. The first kappa shape index (κ1) is 29.4. The molecule has 1 aliphatic carbocycles. The first-order valence-corrected chi connectivity index (χ1v) is 15.0. The van der Waals surface area contributed by atoms with Crippen LogP contribution in [0.15, 0.2) is 54.7 Å². The number of aromatic hydroxyl groups is 1. The Kier molecular flexibility index (Phi) is 7.81. The number of ether oxygens (including phenoxy) is 1. The number of aromatic nitrogens is 3. The summed E-state index contributed by atoms with van der Waals surface area (Å²) in [6.45, 7) is 10.6. The quantitative estimate of drug-likeness (QED) is 0.183. The number of pyridine rings is 2. The van der Waals surface area contributed by atoms with Crippen molar-refractivity contribution in [1.29, 1.82) is 0 Å². The van der Waals surface area contributed by atoms with Gasteiger partial charge in [-0.15, -0.1) is 17.7 Å². The summed E-state index contributed by atoms with van der Waals surface area (Å²) in [5.74, 6) is 2.59. The number of hydrogen-bond acceptors (Lipinski definition) is 4. The van der Waals surface area contributed by atoms with Gasteiger partial charge in [-0.2, -0.15) is 0 Å². The minimum absolute atomic E-state index is 0. The zero-order valence-electron chi connectivity index (χ0n) is 25.3. The number of hydrogen-bond donors (Lipinski definition) is 1. The Morgan fingerprint density at radius 1 is 0.860 bits per heavy atom. The van der Waals surface area contributed by atoms with Crippen molar-refractivity contribution in [3.8, 4) is 23.2 Å². The van der Waals surface area contributed by atoms with Crippen LogP contribution in [0.1, 0.15) is 71.4 Å². The van der Waals surface area contributed by atoms with E-state index in [9.17, 15) is 5.11 Å². The molecular formula is C37H36N3O2Pt-. The van der Waals surface area contributed by atoms with E-state index in [4.69, 9.17) is 14.7 Å². The van der Waals surface area contributed by atoms with Crippen molar-refractivity contribution in [3.63, 3.8) is 0 Å². The zero-order valence-corrected chi connectivity index (χ0v) is 27.6. The molecule has 3 aromatic carbocycles. The van der Waals surface area contributed by atoms with Gasteiger partial charge in [0, 0.05) is 50.0 Å². The fourth-order valence-corrected chi connectivity index (χ4v) is 6.76. The molecule has 1 saturated carbocycles. The van der Waals surface area contributed by atoms with Crippen LogP contribution >= 0.6 is 0 Å². The Bertz CT molecular complexity index is 2000. The number of phenols is 1. The molecule has 5 nitrogen and oxygen atoms in total. The van der Waals surface area contributed by atoms with Crippen LogP contribution in [-0.2, 0) is 21.1 Å². The summed E-state index contributed by atoms with van der Waals surface area (Å²) in [6.07, 6.45) is 8.09. The van der Waals surface area contributed by atoms with Gasteiger partial charge in [-0.05, 0) is 98.4 Å². The second-order valence-corrected chi connectivity index (χ2v) is 12.1. The molecule has 0 saturated heterocycles. The average Bonchev–Trinajstić information content (AvgIpc) is 3.31. The molecule has 3 heterocycles. The molecule has 0 spiro atoms. The van der Waals surface area contributed by atoms with E-state index in [0.29, 0.717) is 23.1 Å². The molecule has 6 aromatic rings. The minimum Gasteiger partial charge on any atom is -0.506 e. The number of nitrogens with zero attached hydrogens (tertiary/aromatic N) is 3. The van der Waals surface area contributed by atoms with Crippen LogP contribution in [-0.4, -0.2) is 19.6 Å². The van der Waals surface area contributed by atoms with E-state index in [2.05, 4.69) is 68.7 Å². The molecule has 6 heteroatoms. The maximum atomic E-state index is 11.1. The standard InChI is InChI=1S/C37H36N3O2.Pt/c1-21-11-14-33(38-20-21)40-30-13-12-22(2)25(5)36(30)35-24(4)15-28(19-31(35)40)42-34-16-23(3)29-17-27(18-32(41)37(29)39-34)26-9-7-6-8-10-26;/h11-18,20,26,41H,6-10H2,1-5H3;/q-1;. The second-order valence-electron chi connectivity index (χ2n) is 12.1. The molecule has 0 amide bonds. The molecule has 1 fully saturated rings. The molecule has 0 bridgehead atoms. The maximum absolute atomic E-state index is 11.1. The summed E-state index contributed by atoms with van der Waals surface area (Å²) >= 11 is 0. The number of benzene rings is 3. The van der Waals surface area contributed by atoms with E-state index in [-0.39, 0.29) is 26.8 Å². The summed E-state index contributed by atoms with van der Waals surface area (Å²) in [5, 5.41) is 14.4. The van der Waals surface area contributed by atoms with Gasteiger partial charge in [0.1, 0.15) is 17.1 Å². The summed E-state index contributed by atoms with van der Waals surface area (Å²) in [5.41, 5.74) is 9.56. The Balaban J connectivity index is 0.00000329. The topological polar surface area (TPSA) is 60.2 Å². The van der Waals surface area contributed by atoms with E-state index < -0.39 is 0 Å². The third-order valence-corrected chi connectivity index (χ3v) is 9.16. The van der Waals surface area contributed by atoms with Crippen LogP contribution in [0.4, 0.5) is 0 Å². The van der Waals surface area contributed by atoms with Crippen molar-refractivity contribution in [2.24, 2.45) is 0 Å². The third kappa shape index (κ3) is 5.12. The summed E-state index contributed by atoms with van der Waals surface area (Å²) < 4.78 is 8.58. The molecule has 1 aliphatic rings. The Morgan fingerprint density at radius 3 is 2.40 bits per heavy atom. The van der Waals surface area contributed by atoms with Crippen LogP contribution in [0.25, 0.3) is 38.5 Å². The summed E-state index contributed by atoms with van der Waals surface area (Å²) in [7, 11) is 0. The fourth-order valence-electron chi connectivity index (χ4n) is 6.76. The van der Waals surface area contributed by atoms with E-state index in [1.54, 1.807) is 0 Å². The van der Waals surface area contributed by atoms with Gasteiger partial charge in [-0.1, -0.05) is 54.8 Å². The van der Waals surface area contributed by atoms with Crippen LogP contribution in [0.3, 0.4) is 0 Å². The van der Waals surface area contributed by atoms with Crippen LogP contribution in [0, 0.1) is 40.7 Å². The molecule has 43 heavy (non-hydrogen) atoms. The van der Waals surface area contributed by atoms with Gasteiger partial charge in [0.15, 0.2) is 0 Å². The smallest absolute Gasteiger partial charge is 0.217 e. The number of aryl methyl sites for hydroxylation is 5. The van der Waals surface area contributed by atoms with Gasteiger partial charge in [0.2, 0.25) is 5.88 Å². The van der Waals surface area contributed by atoms with E-state index in [1.165, 1.54) is 54.2 Å². The Hall–Kier alpha value is -3.69. The maximum Gasteiger partial charge on any atom is 0.217 e. The van der Waals surface area contributed by atoms with E-state index in [1.807, 2.05) is 31.3 Å². The predicted octanol–water partition coefficient (Wildman–Crippen LogP) is 9.61. The van der Waals surface area contributed by atoms with Crippen molar-refractivity contribution >= 4 is 32.7 Å². The van der Waals surface area contributed by atoms with Crippen molar-refractivity contribution < 1.29 is 30.9 Å². The number of rotatable bonds is 4. The van der Waals surface area contributed by atoms with Gasteiger partial charge in [0.05, 0.1) is 0 Å². The summed E-state index contributed by atoms with van der Waals surface area (Å²) in [4.78, 5) is 9.55. The molecule has 3 aromatic heterocycles. The zero-order chi connectivity index (χ0) is 29.1. The largest absolute Gasteiger partial charge is 0.506 e. The van der Waals surface area contributed by atoms with Crippen LogP contribution < -0.4 is 4.74 Å². The first-order valence-electron chi connectivity index (χ1n) is 15.0. The predicted molar refractivity (Wildman–Crippen MR) is 170 cm³/mol. The third-order valence-electron chi connectivity index (χ3n) is 9.16. The molecule has 0 aliphatic heterocycles. The molecule has 222 valence electrons. The van der Waals surface area contributed by atoms with Crippen molar-refractivity contribution in [2.75, 3.05) is 0 Å². The molecule has 0 radical (unpaired) electrons. The van der Waals surface area contributed by atoms with E-state index in [0.717, 1.165) is 44.3 Å². The Labute approximate surface area is 267 Å². The van der Waals surface area contributed by atoms with E-state index >= 15 is 0 Å². The first-order chi connectivity index (χ1) is 20.3. The Morgan fingerprint density at radius 2 is 1.65 bits per heavy atom.